The summed E-state index contributed by atoms with van der Waals surface area (Å²) in [5.41, 5.74) is 0. The quantitative estimate of drug-likeness (QED) is 0.698. The average Bonchev–Trinajstić information content (AvgIpc) is 1.86. The molecule has 0 saturated carbocycles. The molecule has 1 atom stereocenters. The van der Waals surface area contributed by atoms with Crippen molar-refractivity contribution >= 4 is 10.0 Å². The molecule has 3 nitrogen and oxygen atoms in total. The lowest BCUT2D eigenvalue weighted by Gasteiger charge is -2.09. The minimum absolute atomic E-state index is 0.195. The van der Waals surface area contributed by atoms with Gasteiger partial charge in [-0.25, -0.2) is 4.39 Å². The molecule has 1 rings (SSSR count). The van der Waals surface area contributed by atoms with E-state index in [0.29, 0.717) is 0 Å². The standard InChI is InChI=1S/C6H6FNO2S/c7-5-1-3-6(4-2-5)11(8,9)10/h1-4H,(H2,8,9,10)/p-1. The van der Waals surface area contributed by atoms with E-state index in [2.05, 4.69) is 0 Å². The van der Waals surface area contributed by atoms with Crippen LogP contribution in [0.4, 0.5) is 4.39 Å². The van der Waals surface area contributed by atoms with Gasteiger partial charge in [0.2, 0.25) is 0 Å². The fourth-order valence-corrected chi connectivity index (χ4v) is 1.11. The number of hydrogen-bond acceptors (Lipinski definition) is 3. The molecular weight excluding hydrogens is 169 g/mol. The predicted molar refractivity (Wildman–Crippen MR) is 36.3 cm³/mol. The van der Waals surface area contributed by atoms with E-state index < -0.39 is 15.8 Å². The van der Waals surface area contributed by atoms with Crippen LogP contribution in [0.5, 0.6) is 0 Å². The Kier molecular flexibility index (Phi) is 1.92. The molecule has 0 aromatic heterocycles. The molecule has 0 radical (unpaired) electrons. The molecule has 1 unspecified atom stereocenters. The Bertz CT molecular complexity index is 343. The molecular formula is C6H5FNO2S-. The zero-order chi connectivity index (χ0) is 8.48. The van der Waals surface area contributed by atoms with E-state index in [1.807, 2.05) is 0 Å². The monoisotopic (exact) mass is 174 g/mol. The van der Waals surface area contributed by atoms with Crippen molar-refractivity contribution in [2.45, 2.75) is 4.90 Å². The van der Waals surface area contributed by atoms with E-state index in [9.17, 15) is 13.2 Å². The van der Waals surface area contributed by atoms with Crippen LogP contribution in [-0.4, -0.2) is 8.76 Å². The van der Waals surface area contributed by atoms with Crippen molar-refractivity contribution in [3.05, 3.63) is 30.1 Å². The molecule has 0 bridgehead atoms. The molecule has 1 aromatic rings. The second kappa shape index (κ2) is 2.60. The van der Waals surface area contributed by atoms with Crippen molar-refractivity contribution < 1.29 is 13.2 Å². The summed E-state index contributed by atoms with van der Waals surface area (Å²) in [7, 11) is -3.94. The van der Waals surface area contributed by atoms with Crippen LogP contribution in [0.1, 0.15) is 0 Å². The van der Waals surface area contributed by atoms with Crippen molar-refractivity contribution in [3.63, 3.8) is 0 Å². The Morgan fingerprint density at radius 3 is 2.18 bits per heavy atom. The minimum atomic E-state index is -3.94. The SMILES string of the molecule is N=S(=O)([O-])c1ccc(F)cc1. The predicted octanol–water partition coefficient (Wildman–Crippen LogP) is 1.36. The number of rotatable bonds is 1. The maximum absolute atomic E-state index is 12.2. The van der Waals surface area contributed by atoms with Gasteiger partial charge < -0.3 is 4.55 Å². The molecule has 60 valence electrons. The summed E-state index contributed by atoms with van der Waals surface area (Å²) in [4.78, 5) is -0.195. The van der Waals surface area contributed by atoms with Crippen molar-refractivity contribution in [1.29, 1.82) is 4.78 Å². The van der Waals surface area contributed by atoms with Gasteiger partial charge in [-0.1, -0.05) is 0 Å². The van der Waals surface area contributed by atoms with Crippen LogP contribution in [0, 0.1) is 10.6 Å². The first-order valence-electron chi connectivity index (χ1n) is 2.75. The van der Waals surface area contributed by atoms with E-state index >= 15 is 0 Å². The Morgan fingerprint density at radius 2 is 1.82 bits per heavy atom. The normalized spacial score (nSPS) is 15.8. The topological polar surface area (TPSA) is 64.0 Å². The van der Waals surface area contributed by atoms with Crippen LogP contribution in [0.3, 0.4) is 0 Å². The lowest BCUT2D eigenvalue weighted by Crippen LogP contribution is -1.95. The summed E-state index contributed by atoms with van der Waals surface area (Å²) >= 11 is 0. The summed E-state index contributed by atoms with van der Waals surface area (Å²) in [6.07, 6.45) is 0. The number of halogens is 1. The third-order valence-corrected chi connectivity index (χ3v) is 2.02. The van der Waals surface area contributed by atoms with Crippen molar-refractivity contribution in [2.24, 2.45) is 0 Å². The van der Waals surface area contributed by atoms with E-state index in [-0.39, 0.29) is 4.90 Å². The van der Waals surface area contributed by atoms with Gasteiger partial charge in [-0.2, -0.15) is 0 Å². The van der Waals surface area contributed by atoms with Gasteiger partial charge in [0.25, 0.3) is 0 Å². The van der Waals surface area contributed by atoms with Crippen molar-refractivity contribution in [1.82, 2.24) is 0 Å². The van der Waals surface area contributed by atoms with Gasteiger partial charge >= 0.3 is 0 Å². The third kappa shape index (κ3) is 1.99. The summed E-state index contributed by atoms with van der Waals surface area (Å²) in [6, 6.07) is 4.11. The zero-order valence-corrected chi connectivity index (χ0v) is 6.23. The lowest BCUT2D eigenvalue weighted by atomic mass is 10.4. The summed E-state index contributed by atoms with van der Waals surface area (Å²) in [6.45, 7) is 0. The Balaban J connectivity index is 3.20. The molecule has 0 aliphatic carbocycles. The van der Waals surface area contributed by atoms with Crippen molar-refractivity contribution in [2.75, 3.05) is 0 Å². The van der Waals surface area contributed by atoms with E-state index in [0.717, 1.165) is 24.3 Å². The molecule has 0 fully saturated rings. The Labute approximate surface area is 63.7 Å². The summed E-state index contributed by atoms with van der Waals surface area (Å²) in [5, 5.41) is 0. The highest BCUT2D eigenvalue weighted by Gasteiger charge is 1.95. The van der Waals surface area contributed by atoms with Crippen molar-refractivity contribution in [3.8, 4) is 0 Å². The van der Waals surface area contributed by atoms with E-state index in [1.54, 1.807) is 0 Å². The Hall–Kier alpha value is -0.940. The minimum Gasteiger partial charge on any atom is -0.760 e. The van der Waals surface area contributed by atoms with Gasteiger partial charge in [0.1, 0.15) is 5.82 Å². The highest BCUT2D eigenvalue weighted by Crippen LogP contribution is 2.08. The first-order chi connectivity index (χ1) is 5.00. The maximum Gasteiger partial charge on any atom is 0.123 e. The first kappa shape index (κ1) is 8.16. The smallest absolute Gasteiger partial charge is 0.123 e. The second-order valence-corrected chi connectivity index (χ2v) is 3.44. The largest absolute Gasteiger partial charge is 0.760 e. The highest BCUT2D eigenvalue weighted by atomic mass is 32.2. The third-order valence-electron chi connectivity index (χ3n) is 1.12. The average molecular weight is 174 g/mol. The molecule has 5 heteroatoms. The Morgan fingerprint density at radius 1 is 1.36 bits per heavy atom. The molecule has 0 aliphatic heterocycles. The number of hydrogen-bond donors (Lipinski definition) is 1. The highest BCUT2D eigenvalue weighted by molar-refractivity contribution is 7.86. The molecule has 11 heavy (non-hydrogen) atoms. The fraction of sp³-hybridized carbons (Fsp3) is 0. The van der Waals surface area contributed by atoms with Crippen LogP contribution < -0.4 is 0 Å². The van der Waals surface area contributed by atoms with Crippen LogP contribution in [0.25, 0.3) is 0 Å². The van der Waals surface area contributed by atoms with E-state index in [1.165, 1.54) is 0 Å². The van der Waals surface area contributed by atoms with Crippen LogP contribution in [0.2, 0.25) is 0 Å². The molecule has 0 aliphatic rings. The van der Waals surface area contributed by atoms with Gasteiger partial charge in [0, 0.05) is 14.9 Å². The van der Waals surface area contributed by atoms with Gasteiger partial charge in [-0.15, -0.1) is 0 Å². The van der Waals surface area contributed by atoms with Gasteiger partial charge in [-0.3, -0.25) is 8.99 Å². The molecule has 0 heterocycles. The summed E-state index contributed by atoms with van der Waals surface area (Å²) < 4.78 is 39.8. The van der Waals surface area contributed by atoms with Gasteiger partial charge in [-0.05, 0) is 24.3 Å². The van der Waals surface area contributed by atoms with Crippen LogP contribution >= 0.6 is 0 Å². The van der Waals surface area contributed by atoms with Gasteiger partial charge in [0.05, 0.1) is 0 Å². The molecule has 1 aromatic carbocycles. The first-order valence-corrected chi connectivity index (χ1v) is 4.24. The summed E-state index contributed by atoms with van der Waals surface area (Å²) in [5.74, 6) is -0.516. The van der Waals surface area contributed by atoms with Crippen LogP contribution in [-0.2, 0) is 10.0 Å². The lowest BCUT2D eigenvalue weighted by molar-refractivity contribution is 0.521. The molecule has 0 saturated heterocycles. The number of nitrogens with one attached hydrogen (secondary N) is 1. The number of benzene rings is 1. The van der Waals surface area contributed by atoms with E-state index in [4.69, 9.17) is 4.78 Å². The molecule has 0 amide bonds. The molecule has 1 N–H and O–H groups in total. The fourth-order valence-electron chi connectivity index (χ4n) is 0.614. The second-order valence-electron chi connectivity index (χ2n) is 1.96. The maximum atomic E-state index is 12.2. The molecule has 0 spiro atoms. The van der Waals surface area contributed by atoms with Gasteiger partial charge in [0.15, 0.2) is 0 Å². The zero-order valence-electron chi connectivity index (χ0n) is 5.41. The van der Waals surface area contributed by atoms with Crippen LogP contribution in [0.15, 0.2) is 29.2 Å².